The summed E-state index contributed by atoms with van der Waals surface area (Å²) >= 11 is 0. The standard InChI is InChI=1S/C16H12N2O2/c1-10-6-8-11(9-7-10)17-18-14-15(19)12-4-2-3-5-13(12)16(14)20/h2-9,17H,1H3. The van der Waals surface area contributed by atoms with Gasteiger partial charge in [-0.25, -0.2) is 0 Å². The van der Waals surface area contributed by atoms with Crippen molar-refractivity contribution in [1.29, 1.82) is 0 Å². The van der Waals surface area contributed by atoms with Gasteiger partial charge in [0.1, 0.15) is 0 Å². The molecule has 1 N–H and O–H groups in total. The van der Waals surface area contributed by atoms with Crippen molar-refractivity contribution in [3.63, 3.8) is 0 Å². The molecule has 0 heterocycles. The Morgan fingerprint density at radius 3 is 1.95 bits per heavy atom. The summed E-state index contributed by atoms with van der Waals surface area (Å²) in [5, 5.41) is 4.74. The average Bonchev–Trinajstić information content (AvgIpc) is 2.71. The number of rotatable bonds is 2. The smallest absolute Gasteiger partial charge is 0.217 e. The molecule has 4 nitrogen and oxygen atoms in total. The lowest BCUT2D eigenvalue weighted by atomic mass is 10.2. The molecule has 3 rings (SSSR count). The van der Waals surface area contributed by atoms with Gasteiger partial charge in [-0.15, -0.1) is 0 Å². The maximum Gasteiger partial charge on any atom is 0.217 e. The van der Waals surface area contributed by atoms with Crippen LogP contribution in [-0.4, -0.2) is 0 Å². The first-order chi connectivity index (χ1) is 9.66. The Bertz CT molecular complexity index is 868. The zero-order chi connectivity index (χ0) is 14.1. The fourth-order valence-electron chi connectivity index (χ4n) is 2.09. The average molecular weight is 264 g/mol. The van der Waals surface area contributed by atoms with Gasteiger partial charge >= 0.3 is 0 Å². The van der Waals surface area contributed by atoms with Crippen molar-refractivity contribution >= 4 is 16.5 Å². The summed E-state index contributed by atoms with van der Waals surface area (Å²) in [6, 6.07) is 14.3. The van der Waals surface area contributed by atoms with Crippen molar-refractivity contribution in [2.24, 2.45) is 5.10 Å². The summed E-state index contributed by atoms with van der Waals surface area (Å²) in [7, 11) is 0. The van der Waals surface area contributed by atoms with Gasteiger partial charge in [0.25, 0.3) is 0 Å². The van der Waals surface area contributed by atoms with Crippen molar-refractivity contribution in [3.05, 3.63) is 79.9 Å². The van der Waals surface area contributed by atoms with Gasteiger partial charge in [-0.05, 0) is 19.1 Å². The third-order valence-electron chi connectivity index (χ3n) is 3.19. The summed E-state index contributed by atoms with van der Waals surface area (Å²) in [6.07, 6.45) is 0. The molecule has 0 aromatic heterocycles. The van der Waals surface area contributed by atoms with Crippen LogP contribution in [0.15, 0.2) is 63.2 Å². The molecule has 0 saturated carbocycles. The Balaban J connectivity index is 2.10. The molecule has 0 radical (unpaired) electrons. The maximum atomic E-state index is 12.1. The van der Waals surface area contributed by atoms with E-state index in [0.717, 1.165) is 11.3 Å². The SMILES string of the molecule is Cc1ccc(NN=c2c(=O)c3ccccc3c2=O)cc1. The number of anilines is 1. The van der Waals surface area contributed by atoms with E-state index in [2.05, 4.69) is 10.5 Å². The molecule has 0 amide bonds. The van der Waals surface area contributed by atoms with Crippen molar-refractivity contribution < 1.29 is 0 Å². The highest BCUT2D eigenvalue weighted by molar-refractivity contribution is 5.83. The number of nitrogens with zero attached hydrogens (tertiary/aromatic N) is 1. The highest BCUT2D eigenvalue weighted by Crippen LogP contribution is 2.07. The summed E-state index contributed by atoms with van der Waals surface area (Å²) in [5.41, 5.74) is 3.96. The Morgan fingerprint density at radius 2 is 1.40 bits per heavy atom. The third-order valence-corrected chi connectivity index (χ3v) is 3.19. The predicted molar refractivity (Wildman–Crippen MR) is 79.2 cm³/mol. The minimum atomic E-state index is -0.329. The van der Waals surface area contributed by atoms with Crippen molar-refractivity contribution in [3.8, 4) is 0 Å². The van der Waals surface area contributed by atoms with Crippen LogP contribution in [0.25, 0.3) is 10.8 Å². The van der Waals surface area contributed by atoms with Crippen LogP contribution in [0.2, 0.25) is 0 Å². The number of aryl methyl sites for hydroxylation is 1. The Kier molecular flexibility index (Phi) is 2.91. The second-order valence-corrected chi connectivity index (χ2v) is 4.64. The van der Waals surface area contributed by atoms with E-state index in [-0.39, 0.29) is 16.2 Å². The van der Waals surface area contributed by atoms with Crippen LogP contribution in [-0.2, 0) is 0 Å². The van der Waals surface area contributed by atoms with E-state index >= 15 is 0 Å². The topological polar surface area (TPSA) is 58.5 Å². The molecule has 3 aromatic carbocycles. The lowest BCUT2D eigenvalue weighted by Crippen LogP contribution is -2.32. The van der Waals surface area contributed by atoms with Crippen LogP contribution in [0, 0.1) is 6.92 Å². The molecule has 0 unspecified atom stereocenters. The van der Waals surface area contributed by atoms with E-state index in [1.165, 1.54) is 0 Å². The van der Waals surface area contributed by atoms with Crippen molar-refractivity contribution in [2.75, 3.05) is 5.43 Å². The first-order valence-corrected chi connectivity index (χ1v) is 6.25. The van der Waals surface area contributed by atoms with E-state index in [1.54, 1.807) is 24.3 Å². The van der Waals surface area contributed by atoms with Gasteiger partial charge < -0.3 is 0 Å². The monoisotopic (exact) mass is 264 g/mol. The molecule has 0 atom stereocenters. The molecular formula is C16H12N2O2. The Labute approximate surface area is 114 Å². The second-order valence-electron chi connectivity index (χ2n) is 4.64. The summed E-state index contributed by atoms with van der Waals surface area (Å²) < 4.78 is 0. The lowest BCUT2D eigenvalue weighted by Gasteiger charge is -1.98. The van der Waals surface area contributed by atoms with Gasteiger partial charge in [0.2, 0.25) is 10.9 Å². The van der Waals surface area contributed by atoms with Crippen LogP contribution in [0.5, 0.6) is 0 Å². The Morgan fingerprint density at radius 1 is 0.850 bits per heavy atom. The third kappa shape index (κ3) is 2.01. The second kappa shape index (κ2) is 4.74. The van der Waals surface area contributed by atoms with E-state index in [0.29, 0.717) is 10.8 Å². The fourth-order valence-corrected chi connectivity index (χ4v) is 2.09. The van der Waals surface area contributed by atoms with Crippen molar-refractivity contribution in [2.45, 2.75) is 6.92 Å². The van der Waals surface area contributed by atoms with Crippen LogP contribution < -0.4 is 21.6 Å². The summed E-state index contributed by atoms with van der Waals surface area (Å²) in [5.74, 6) is 0. The maximum absolute atomic E-state index is 12.1. The first kappa shape index (κ1) is 12.3. The van der Waals surface area contributed by atoms with Crippen LogP contribution >= 0.6 is 0 Å². The van der Waals surface area contributed by atoms with Gasteiger partial charge in [0.15, 0.2) is 5.36 Å². The van der Waals surface area contributed by atoms with Crippen LogP contribution in [0.4, 0.5) is 5.69 Å². The molecule has 0 aliphatic rings. The molecule has 0 fully saturated rings. The van der Waals surface area contributed by atoms with E-state index in [4.69, 9.17) is 0 Å². The minimum Gasteiger partial charge on any atom is -0.287 e. The van der Waals surface area contributed by atoms with Crippen molar-refractivity contribution in [1.82, 2.24) is 0 Å². The number of hydrogen-bond donors (Lipinski definition) is 1. The normalized spacial score (nSPS) is 10.7. The predicted octanol–water partition coefficient (Wildman–Crippen LogP) is 1.67. The molecule has 4 heteroatoms. The molecule has 20 heavy (non-hydrogen) atoms. The molecule has 0 saturated heterocycles. The molecular weight excluding hydrogens is 252 g/mol. The first-order valence-electron chi connectivity index (χ1n) is 6.25. The largest absolute Gasteiger partial charge is 0.287 e. The Hall–Kier alpha value is -2.75. The fraction of sp³-hybridized carbons (Fsp3) is 0.0625. The van der Waals surface area contributed by atoms with E-state index in [9.17, 15) is 9.59 Å². The van der Waals surface area contributed by atoms with E-state index in [1.807, 2.05) is 31.2 Å². The lowest BCUT2D eigenvalue weighted by molar-refractivity contribution is 1.20. The zero-order valence-electron chi connectivity index (χ0n) is 10.9. The van der Waals surface area contributed by atoms with Gasteiger partial charge in [0, 0.05) is 10.8 Å². The number of fused-ring (bicyclic) bond motifs is 1. The summed E-state index contributed by atoms with van der Waals surface area (Å²) in [6.45, 7) is 1.98. The molecule has 3 aromatic rings. The van der Waals surface area contributed by atoms with Crippen LogP contribution in [0.1, 0.15) is 5.56 Å². The minimum absolute atomic E-state index is 0.0632. The summed E-state index contributed by atoms with van der Waals surface area (Å²) in [4.78, 5) is 24.2. The van der Waals surface area contributed by atoms with Gasteiger partial charge in [-0.2, -0.15) is 5.10 Å². The van der Waals surface area contributed by atoms with E-state index < -0.39 is 0 Å². The number of nitrogens with one attached hydrogen (secondary N) is 1. The molecule has 0 bridgehead atoms. The van der Waals surface area contributed by atoms with Crippen LogP contribution in [0.3, 0.4) is 0 Å². The molecule has 0 spiro atoms. The van der Waals surface area contributed by atoms with Gasteiger partial charge in [-0.1, -0.05) is 42.0 Å². The van der Waals surface area contributed by atoms with Gasteiger partial charge in [0.05, 0.1) is 5.69 Å². The zero-order valence-corrected chi connectivity index (χ0v) is 10.9. The number of benzene rings is 2. The molecule has 0 aliphatic carbocycles. The quantitative estimate of drug-likeness (QED) is 0.716. The number of hydrogen-bond acceptors (Lipinski definition) is 4. The van der Waals surface area contributed by atoms with Gasteiger partial charge in [-0.3, -0.25) is 15.0 Å². The highest BCUT2D eigenvalue weighted by Gasteiger charge is 2.09. The molecule has 0 aliphatic heterocycles. The highest BCUT2D eigenvalue weighted by atomic mass is 16.1. The molecule has 98 valence electrons.